The normalized spacial score (nSPS) is 11.1. The summed E-state index contributed by atoms with van der Waals surface area (Å²) in [4.78, 5) is 0. The van der Waals surface area contributed by atoms with Gasteiger partial charge in [0.25, 0.3) is 0 Å². The number of halogens is 1. The first-order chi connectivity index (χ1) is 9.76. The van der Waals surface area contributed by atoms with Crippen molar-refractivity contribution in [2.75, 3.05) is 0 Å². The highest BCUT2D eigenvalue weighted by Gasteiger charge is 2.05. The van der Waals surface area contributed by atoms with Crippen LogP contribution in [0, 0.1) is 5.82 Å². The van der Waals surface area contributed by atoms with Gasteiger partial charge in [-0.1, -0.05) is 31.5 Å². The summed E-state index contributed by atoms with van der Waals surface area (Å²) < 4.78 is 15.1. The molecule has 0 aliphatic heterocycles. The summed E-state index contributed by atoms with van der Waals surface area (Å²) in [7, 11) is 0. The van der Waals surface area contributed by atoms with Crippen molar-refractivity contribution in [3.05, 3.63) is 65.6 Å². The Balaban J connectivity index is 1.92. The third kappa shape index (κ3) is 2.57. The van der Waals surface area contributed by atoms with Gasteiger partial charge in [-0.25, -0.2) is 4.39 Å². The molecule has 102 valence electrons. The summed E-state index contributed by atoms with van der Waals surface area (Å²) in [6, 6.07) is 13.1. The molecule has 1 heterocycles. The first-order valence-electron chi connectivity index (χ1n) is 6.95. The first kappa shape index (κ1) is 12.9. The zero-order valence-corrected chi connectivity index (χ0v) is 11.5. The predicted octanol–water partition coefficient (Wildman–Crippen LogP) is 4.18. The summed E-state index contributed by atoms with van der Waals surface area (Å²) in [5.74, 6) is -0.204. The van der Waals surface area contributed by atoms with E-state index in [0.717, 1.165) is 29.3 Å². The van der Waals surface area contributed by atoms with E-state index in [2.05, 4.69) is 30.2 Å². The number of fused-ring (bicyclic) bond motifs is 1. The van der Waals surface area contributed by atoms with Crippen molar-refractivity contribution < 1.29 is 4.39 Å². The smallest absolute Gasteiger partial charge is 0.123 e. The SMILES string of the molecule is CCCc1ccc2c(cnn2Cc2cccc(F)c2)c1. The second-order valence-electron chi connectivity index (χ2n) is 5.08. The van der Waals surface area contributed by atoms with E-state index in [9.17, 15) is 4.39 Å². The molecule has 0 bridgehead atoms. The minimum Gasteiger partial charge on any atom is -0.260 e. The van der Waals surface area contributed by atoms with Crippen LogP contribution in [0.3, 0.4) is 0 Å². The van der Waals surface area contributed by atoms with Gasteiger partial charge in [0.05, 0.1) is 18.3 Å². The topological polar surface area (TPSA) is 17.8 Å². The molecule has 3 rings (SSSR count). The number of rotatable bonds is 4. The zero-order valence-electron chi connectivity index (χ0n) is 11.5. The lowest BCUT2D eigenvalue weighted by Gasteiger charge is -2.05. The van der Waals surface area contributed by atoms with Crippen LogP contribution in [0.4, 0.5) is 4.39 Å². The Bertz CT molecular complexity index is 731. The van der Waals surface area contributed by atoms with Gasteiger partial charge < -0.3 is 0 Å². The standard InChI is InChI=1S/C17H17FN2/c1-2-4-13-7-8-17-15(9-13)11-19-20(17)12-14-5-3-6-16(18)10-14/h3,5-11H,2,4,12H2,1H3. The van der Waals surface area contributed by atoms with Crippen molar-refractivity contribution in [3.8, 4) is 0 Å². The van der Waals surface area contributed by atoms with Gasteiger partial charge >= 0.3 is 0 Å². The highest BCUT2D eigenvalue weighted by Crippen LogP contribution is 2.18. The maximum absolute atomic E-state index is 13.2. The van der Waals surface area contributed by atoms with Crippen molar-refractivity contribution >= 4 is 10.9 Å². The molecule has 0 amide bonds. The summed E-state index contributed by atoms with van der Waals surface area (Å²) >= 11 is 0. The van der Waals surface area contributed by atoms with E-state index < -0.39 is 0 Å². The van der Waals surface area contributed by atoms with Crippen LogP contribution in [-0.2, 0) is 13.0 Å². The third-order valence-electron chi connectivity index (χ3n) is 3.47. The number of hydrogen-bond donors (Lipinski definition) is 0. The molecule has 0 spiro atoms. The van der Waals surface area contributed by atoms with E-state index >= 15 is 0 Å². The van der Waals surface area contributed by atoms with Gasteiger partial charge in [0.1, 0.15) is 5.82 Å². The van der Waals surface area contributed by atoms with Crippen LogP contribution >= 0.6 is 0 Å². The number of nitrogens with zero attached hydrogens (tertiary/aromatic N) is 2. The van der Waals surface area contributed by atoms with Crippen molar-refractivity contribution in [2.24, 2.45) is 0 Å². The van der Waals surface area contributed by atoms with Crippen molar-refractivity contribution in [3.63, 3.8) is 0 Å². The van der Waals surface area contributed by atoms with Gasteiger partial charge in [0.2, 0.25) is 0 Å². The highest BCUT2D eigenvalue weighted by atomic mass is 19.1. The zero-order chi connectivity index (χ0) is 13.9. The van der Waals surface area contributed by atoms with Gasteiger partial charge in [-0.3, -0.25) is 4.68 Å². The molecule has 3 aromatic rings. The molecule has 3 heteroatoms. The fourth-order valence-corrected chi connectivity index (χ4v) is 2.51. The van der Waals surface area contributed by atoms with Crippen LogP contribution in [0.5, 0.6) is 0 Å². The van der Waals surface area contributed by atoms with Crippen LogP contribution < -0.4 is 0 Å². The molecule has 1 aromatic heterocycles. The molecule has 2 nitrogen and oxygen atoms in total. The Morgan fingerprint density at radius 1 is 1.10 bits per heavy atom. The largest absolute Gasteiger partial charge is 0.260 e. The summed E-state index contributed by atoms with van der Waals surface area (Å²) in [5.41, 5.74) is 3.35. The predicted molar refractivity (Wildman–Crippen MR) is 79.2 cm³/mol. The average Bonchev–Trinajstić information content (AvgIpc) is 2.82. The summed E-state index contributed by atoms with van der Waals surface area (Å²) in [6.45, 7) is 2.77. The maximum atomic E-state index is 13.2. The molecule has 0 unspecified atom stereocenters. The average molecular weight is 268 g/mol. The molecule has 0 saturated carbocycles. The van der Waals surface area contributed by atoms with Gasteiger partial charge in [0.15, 0.2) is 0 Å². The molecule has 20 heavy (non-hydrogen) atoms. The van der Waals surface area contributed by atoms with Crippen LogP contribution in [0.2, 0.25) is 0 Å². The van der Waals surface area contributed by atoms with Gasteiger partial charge in [-0.15, -0.1) is 0 Å². The number of aromatic nitrogens is 2. The number of benzene rings is 2. The van der Waals surface area contributed by atoms with E-state index in [1.54, 1.807) is 12.1 Å². The number of hydrogen-bond acceptors (Lipinski definition) is 1. The Labute approximate surface area is 117 Å². The quantitative estimate of drug-likeness (QED) is 0.694. The fraction of sp³-hybridized carbons (Fsp3) is 0.235. The molecular weight excluding hydrogens is 251 g/mol. The van der Waals surface area contributed by atoms with Gasteiger partial charge in [-0.05, 0) is 41.8 Å². The van der Waals surface area contributed by atoms with E-state index in [-0.39, 0.29) is 5.82 Å². The van der Waals surface area contributed by atoms with Crippen LogP contribution in [0.25, 0.3) is 10.9 Å². The first-order valence-corrected chi connectivity index (χ1v) is 6.95. The summed E-state index contributed by atoms with van der Waals surface area (Å²) in [5, 5.41) is 5.56. The lowest BCUT2D eigenvalue weighted by Crippen LogP contribution is -2.01. The lowest BCUT2D eigenvalue weighted by atomic mass is 10.1. The molecule has 0 radical (unpaired) electrons. The monoisotopic (exact) mass is 268 g/mol. The molecule has 0 aliphatic rings. The lowest BCUT2D eigenvalue weighted by molar-refractivity contribution is 0.621. The van der Waals surface area contributed by atoms with E-state index in [4.69, 9.17) is 0 Å². The highest BCUT2D eigenvalue weighted by molar-refractivity contribution is 5.79. The molecular formula is C17H17FN2. The van der Waals surface area contributed by atoms with E-state index in [1.165, 1.54) is 11.6 Å². The van der Waals surface area contributed by atoms with Crippen molar-refractivity contribution in [2.45, 2.75) is 26.3 Å². The molecule has 0 N–H and O–H groups in total. The number of aryl methyl sites for hydroxylation is 1. The Morgan fingerprint density at radius 2 is 2.00 bits per heavy atom. The van der Waals surface area contributed by atoms with Gasteiger partial charge in [0, 0.05) is 5.39 Å². The second kappa shape index (κ2) is 5.45. The third-order valence-corrected chi connectivity index (χ3v) is 3.47. The Kier molecular flexibility index (Phi) is 3.50. The molecule has 0 fully saturated rings. The summed E-state index contributed by atoms with van der Waals surface area (Å²) in [6.07, 6.45) is 4.11. The van der Waals surface area contributed by atoms with Crippen molar-refractivity contribution in [1.82, 2.24) is 9.78 Å². The molecule has 0 aliphatic carbocycles. The van der Waals surface area contributed by atoms with E-state index in [1.807, 2.05) is 16.9 Å². The Morgan fingerprint density at radius 3 is 2.80 bits per heavy atom. The van der Waals surface area contributed by atoms with E-state index in [0.29, 0.717) is 6.54 Å². The van der Waals surface area contributed by atoms with Crippen LogP contribution in [0.1, 0.15) is 24.5 Å². The Hall–Kier alpha value is -2.16. The van der Waals surface area contributed by atoms with Crippen molar-refractivity contribution in [1.29, 1.82) is 0 Å². The maximum Gasteiger partial charge on any atom is 0.123 e. The molecule has 2 aromatic carbocycles. The molecule has 0 saturated heterocycles. The van der Waals surface area contributed by atoms with Crippen LogP contribution in [-0.4, -0.2) is 9.78 Å². The minimum absolute atomic E-state index is 0.204. The minimum atomic E-state index is -0.204. The molecule has 0 atom stereocenters. The van der Waals surface area contributed by atoms with Crippen LogP contribution in [0.15, 0.2) is 48.7 Å². The second-order valence-corrected chi connectivity index (χ2v) is 5.08. The fourth-order valence-electron chi connectivity index (χ4n) is 2.51. The van der Waals surface area contributed by atoms with Gasteiger partial charge in [-0.2, -0.15) is 5.10 Å².